The Bertz CT molecular complexity index is 1160. The highest BCUT2D eigenvalue weighted by Crippen LogP contribution is 2.32. The topological polar surface area (TPSA) is 91.8 Å². The first-order valence-electron chi connectivity index (χ1n) is 9.10. The number of carbonyl (C=O) groups is 1. The summed E-state index contributed by atoms with van der Waals surface area (Å²) in [5.41, 5.74) is 2.25. The van der Waals surface area contributed by atoms with Crippen LogP contribution in [0.15, 0.2) is 29.1 Å². The number of rotatable bonds is 4. The van der Waals surface area contributed by atoms with E-state index in [1.807, 2.05) is 13.0 Å². The summed E-state index contributed by atoms with van der Waals surface area (Å²) in [6, 6.07) is 7.02. The first-order chi connectivity index (χ1) is 13.2. The molecule has 1 aromatic carbocycles. The molecule has 28 heavy (non-hydrogen) atoms. The fourth-order valence-corrected chi connectivity index (χ4v) is 3.45. The van der Waals surface area contributed by atoms with Crippen LogP contribution in [0.1, 0.15) is 42.9 Å². The molecule has 0 radical (unpaired) electrons. The van der Waals surface area contributed by atoms with Crippen LogP contribution in [0.3, 0.4) is 0 Å². The molecule has 146 valence electrons. The number of halogens is 1. The Morgan fingerprint density at radius 1 is 1.29 bits per heavy atom. The van der Waals surface area contributed by atoms with Crippen LogP contribution < -0.4 is 16.2 Å². The number of para-hydroxylation sites is 1. The second-order valence-electron chi connectivity index (χ2n) is 7.85. The van der Waals surface area contributed by atoms with Crippen molar-refractivity contribution in [1.29, 1.82) is 0 Å². The predicted octanol–water partition coefficient (Wildman–Crippen LogP) is 2.89. The average molecular weight is 383 g/mol. The summed E-state index contributed by atoms with van der Waals surface area (Å²) in [5, 5.41) is 6.31. The highest BCUT2D eigenvalue weighted by atomic mass is 19.1. The number of amides is 1. The molecule has 0 fully saturated rings. The number of hydrogen-bond donors (Lipinski definition) is 3. The molecular formula is C20H22FN5O2. The Labute approximate surface area is 161 Å². The minimum Gasteiger partial charge on any atom is -0.356 e. The van der Waals surface area contributed by atoms with Gasteiger partial charge in [0.15, 0.2) is 0 Å². The fourth-order valence-electron chi connectivity index (χ4n) is 3.45. The maximum atomic E-state index is 13.3. The van der Waals surface area contributed by atoms with Crippen molar-refractivity contribution in [2.75, 3.05) is 12.0 Å². The maximum absolute atomic E-state index is 13.3. The number of aromatic amines is 1. The molecule has 8 heteroatoms. The zero-order valence-electron chi connectivity index (χ0n) is 16.2. The lowest BCUT2D eigenvalue weighted by Crippen LogP contribution is -2.36. The minimum atomic E-state index is -0.860. The number of H-pyrrole nitrogens is 1. The van der Waals surface area contributed by atoms with Crippen LogP contribution in [0.5, 0.6) is 0 Å². The molecule has 7 nitrogen and oxygen atoms in total. The van der Waals surface area contributed by atoms with E-state index in [2.05, 4.69) is 20.6 Å². The van der Waals surface area contributed by atoms with Crippen molar-refractivity contribution in [2.45, 2.75) is 32.4 Å². The van der Waals surface area contributed by atoms with Gasteiger partial charge in [0.05, 0.1) is 33.7 Å². The van der Waals surface area contributed by atoms with Crippen molar-refractivity contribution >= 4 is 22.8 Å². The summed E-state index contributed by atoms with van der Waals surface area (Å²) in [7, 11) is 1.60. The number of fused-ring (bicyclic) bond motifs is 2. The van der Waals surface area contributed by atoms with E-state index in [-0.39, 0.29) is 23.5 Å². The Hall–Kier alpha value is -3.16. The second kappa shape index (κ2) is 6.19. The number of nitrogens with zero attached hydrogens (tertiary/aromatic N) is 2. The van der Waals surface area contributed by atoms with Gasteiger partial charge in [-0.1, -0.05) is 12.1 Å². The number of aromatic nitrogens is 3. The summed E-state index contributed by atoms with van der Waals surface area (Å²) in [5.74, 6) is 0.166. The fraction of sp³-hybridized carbons (Fsp3) is 0.350. The molecular weight excluding hydrogens is 361 g/mol. The molecule has 1 amide bonds. The third kappa shape index (κ3) is 2.76. The van der Waals surface area contributed by atoms with Crippen molar-refractivity contribution in [3.63, 3.8) is 0 Å². The van der Waals surface area contributed by atoms with E-state index in [0.717, 1.165) is 5.69 Å². The number of hydrogen-bond acceptors (Lipinski definition) is 4. The Morgan fingerprint density at radius 2 is 2.04 bits per heavy atom. The molecule has 0 unspecified atom stereocenters. The van der Waals surface area contributed by atoms with Gasteiger partial charge >= 0.3 is 0 Å². The summed E-state index contributed by atoms with van der Waals surface area (Å²) < 4.78 is 14.7. The van der Waals surface area contributed by atoms with Crippen LogP contribution in [0.25, 0.3) is 22.2 Å². The second-order valence-corrected chi connectivity index (χ2v) is 7.85. The van der Waals surface area contributed by atoms with Gasteiger partial charge in [0.25, 0.3) is 11.5 Å². The maximum Gasteiger partial charge on any atom is 0.262 e. The molecule has 2 aromatic heterocycles. The Kier molecular flexibility index (Phi) is 4.02. The molecule has 0 saturated heterocycles. The van der Waals surface area contributed by atoms with E-state index in [1.165, 1.54) is 4.57 Å². The van der Waals surface area contributed by atoms with Gasteiger partial charge in [0.1, 0.15) is 6.67 Å². The van der Waals surface area contributed by atoms with E-state index < -0.39 is 12.2 Å². The first kappa shape index (κ1) is 18.2. The largest absolute Gasteiger partial charge is 0.356 e. The van der Waals surface area contributed by atoms with Crippen LogP contribution in [0, 0.1) is 0 Å². The molecule has 0 aliphatic carbocycles. The van der Waals surface area contributed by atoms with Crippen molar-refractivity contribution < 1.29 is 9.18 Å². The summed E-state index contributed by atoms with van der Waals surface area (Å²) >= 11 is 0. The van der Waals surface area contributed by atoms with Crippen molar-refractivity contribution in [3.8, 4) is 11.3 Å². The molecule has 3 heterocycles. The van der Waals surface area contributed by atoms with Crippen molar-refractivity contribution in [2.24, 2.45) is 7.05 Å². The van der Waals surface area contributed by atoms with Crippen LogP contribution in [-0.4, -0.2) is 32.7 Å². The third-order valence-corrected chi connectivity index (χ3v) is 5.05. The van der Waals surface area contributed by atoms with E-state index in [0.29, 0.717) is 27.7 Å². The van der Waals surface area contributed by atoms with E-state index in [1.54, 1.807) is 39.1 Å². The van der Waals surface area contributed by atoms with Gasteiger partial charge in [-0.2, -0.15) is 0 Å². The lowest BCUT2D eigenvalue weighted by molar-refractivity contribution is 0.0958. The molecule has 4 rings (SSSR count). The summed E-state index contributed by atoms with van der Waals surface area (Å²) in [6.45, 7) is 4.69. The lowest BCUT2D eigenvalue weighted by atomic mass is 10.1. The number of alkyl halides is 1. The van der Waals surface area contributed by atoms with Gasteiger partial charge in [-0.15, -0.1) is 0 Å². The zero-order valence-corrected chi connectivity index (χ0v) is 16.2. The van der Waals surface area contributed by atoms with Crippen molar-refractivity contribution in [3.05, 3.63) is 45.9 Å². The normalized spacial score (nSPS) is 16.3. The van der Waals surface area contributed by atoms with Crippen LogP contribution >= 0.6 is 0 Å². The smallest absolute Gasteiger partial charge is 0.262 e. The number of anilines is 1. The van der Waals surface area contributed by atoms with Gasteiger partial charge in [-0.25, -0.2) is 9.37 Å². The molecule has 1 aliphatic heterocycles. The van der Waals surface area contributed by atoms with Gasteiger partial charge in [-0.3, -0.25) is 14.2 Å². The predicted molar refractivity (Wildman–Crippen MR) is 106 cm³/mol. The molecule has 0 saturated carbocycles. The zero-order chi connectivity index (χ0) is 20.2. The minimum absolute atomic E-state index is 0.102. The summed E-state index contributed by atoms with van der Waals surface area (Å²) in [6.07, 6.45) is 0. The Balaban J connectivity index is 1.92. The number of benzene rings is 1. The molecule has 3 aromatic rings. The van der Waals surface area contributed by atoms with Gasteiger partial charge in [0.2, 0.25) is 5.95 Å². The van der Waals surface area contributed by atoms with Crippen LogP contribution in [-0.2, 0) is 7.05 Å². The van der Waals surface area contributed by atoms with E-state index >= 15 is 0 Å². The van der Waals surface area contributed by atoms with E-state index in [9.17, 15) is 14.0 Å². The van der Waals surface area contributed by atoms with Crippen molar-refractivity contribution in [1.82, 2.24) is 19.9 Å². The molecule has 1 aliphatic rings. The standard InChI is InChI=1S/C20H22FN5O2/c1-10-15-13(17(27)22-10)8-14(23-15)11-6-5-7-12-16(11)24-19(26(4)18(12)28)25-20(2,3)9-21/h5-8,10,23H,9H2,1-4H3,(H,22,27)(H,24,25)/t10-/m1/s1. The van der Waals surface area contributed by atoms with Gasteiger partial charge in [0, 0.05) is 18.3 Å². The van der Waals surface area contributed by atoms with Gasteiger partial charge in [-0.05, 0) is 32.9 Å². The highest BCUT2D eigenvalue weighted by molar-refractivity contribution is 6.01. The average Bonchev–Trinajstić information content (AvgIpc) is 3.20. The molecule has 0 bridgehead atoms. The van der Waals surface area contributed by atoms with Gasteiger partial charge < -0.3 is 15.6 Å². The molecule has 1 atom stereocenters. The quantitative estimate of drug-likeness (QED) is 0.646. The van der Waals surface area contributed by atoms with Crippen LogP contribution in [0.2, 0.25) is 0 Å². The van der Waals surface area contributed by atoms with E-state index in [4.69, 9.17) is 0 Å². The highest BCUT2D eigenvalue weighted by Gasteiger charge is 2.29. The third-order valence-electron chi connectivity index (χ3n) is 5.05. The molecule has 0 spiro atoms. The summed E-state index contributed by atoms with van der Waals surface area (Å²) in [4.78, 5) is 32.9. The Morgan fingerprint density at radius 3 is 2.71 bits per heavy atom. The SMILES string of the molecule is C[C@H]1NC(=O)c2cc(-c3cccc4c(=O)n(C)c(NC(C)(C)CF)nc34)[nH]c21. The monoisotopic (exact) mass is 383 g/mol. The van der Waals surface area contributed by atoms with Crippen LogP contribution in [0.4, 0.5) is 10.3 Å². The number of carbonyl (C=O) groups excluding carboxylic acids is 1. The first-order valence-corrected chi connectivity index (χ1v) is 9.10. The molecule has 3 N–H and O–H groups in total. The lowest BCUT2D eigenvalue weighted by Gasteiger charge is -2.24. The number of nitrogens with one attached hydrogen (secondary N) is 3.